The normalized spacial score (nSPS) is 17.9. The number of rotatable bonds is 14. The van der Waals surface area contributed by atoms with E-state index < -0.39 is 32.5 Å². The first-order chi connectivity index (χ1) is 24.1. The van der Waals surface area contributed by atoms with Crippen molar-refractivity contribution in [3.05, 3.63) is 77.6 Å². The number of amides is 1. The molecule has 4 aromatic heterocycles. The van der Waals surface area contributed by atoms with Gasteiger partial charge in [0.05, 0.1) is 23.6 Å². The van der Waals surface area contributed by atoms with E-state index in [1.165, 1.54) is 47.5 Å². The number of anilines is 1. The third kappa shape index (κ3) is 10.3. The highest BCUT2D eigenvalue weighted by atomic mass is 35.5. The molecule has 1 saturated heterocycles. The highest BCUT2D eigenvalue weighted by Crippen LogP contribution is 2.59. The van der Waals surface area contributed by atoms with E-state index in [1.54, 1.807) is 18.5 Å². The minimum atomic E-state index is -4.44. The summed E-state index contributed by atoms with van der Waals surface area (Å²) in [5.74, 6) is -0.0286. The number of hydrogen-bond acceptors (Lipinski definition) is 11. The minimum absolute atomic E-state index is 0. The molecule has 0 aromatic carbocycles. The van der Waals surface area contributed by atoms with Gasteiger partial charge in [-0.1, -0.05) is 17.7 Å². The van der Waals surface area contributed by atoms with Crippen molar-refractivity contribution in [1.82, 2.24) is 39.8 Å². The van der Waals surface area contributed by atoms with Gasteiger partial charge < -0.3 is 15.4 Å². The van der Waals surface area contributed by atoms with E-state index in [4.69, 9.17) is 16.3 Å². The maximum atomic E-state index is 13.3. The molecule has 3 N–H and O–H groups in total. The monoisotopic (exact) mass is 819 g/mol. The van der Waals surface area contributed by atoms with Gasteiger partial charge >= 0.3 is 6.18 Å². The van der Waals surface area contributed by atoms with Gasteiger partial charge in [0.2, 0.25) is 5.88 Å². The molecule has 1 saturated carbocycles. The van der Waals surface area contributed by atoms with Crippen LogP contribution >= 0.6 is 36.4 Å². The van der Waals surface area contributed by atoms with Crippen molar-refractivity contribution >= 4 is 58.2 Å². The Hall–Kier alpha value is -3.77. The number of carbonyl (C=O) groups excluding carboxylic acids is 1. The molecule has 20 heteroatoms. The van der Waals surface area contributed by atoms with Gasteiger partial charge in [-0.15, -0.1) is 29.9 Å². The van der Waals surface area contributed by atoms with Crippen LogP contribution in [0.2, 0.25) is 5.15 Å². The molecule has 0 spiro atoms. The Bertz CT molecular complexity index is 1980. The van der Waals surface area contributed by atoms with Crippen LogP contribution in [0.4, 0.5) is 19.0 Å². The summed E-state index contributed by atoms with van der Waals surface area (Å²) in [6.07, 6.45) is 4.71. The Morgan fingerprint density at radius 3 is 2.49 bits per heavy atom. The summed E-state index contributed by atoms with van der Waals surface area (Å²) in [5.41, 5.74) is -1.01. The van der Waals surface area contributed by atoms with E-state index in [-0.39, 0.29) is 90.5 Å². The molecule has 2 fully saturated rings. The Balaban J connectivity index is 0.00000314. The fraction of sp³-hybridized carbons (Fsp3) is 0.455. The van der Waals surface area contributed by atoms with Crippen LogP contribution in [0.25, 0.3) is 5.82 Å². The first-order valence-corrected chi connectivity index (χ1v) is 18.2. The zero-order chi connectivity index (χ0) is 36.4. The Labute approximate surface area is 322 Å². The number of carbonyl (C=O) groups is 1. The molecule has 6 rings (SSSR count). The Morgan fingerprint density at radius 1 is 1.11 bits per heavy atom. The van der Waals surface area contributed by atoms with Crippen LogP contribution in [0.1, 0.15) is 74.3 Å². The quantitative estimate of drug-likeness (QED) is 0.119. The molecule has 1 amide bonds. The number of halogens is 6. The van der Waals surface area contributed by atoms with E-state index in [0.717, 1.165) is 31.4 Å². The molecular weight excluding hydrogens is 782 g/mol. The Kier molecular flexibility index (Phi) is 13.2. The van der Waals surface area contributed by atoms with E-state index in [9.17, 15) is 26.4 Å². The predicted octanol–water partition coefficient (Wildman–Crippen LogP) is 6.50. The number of alkyl halides is 3. The van der Waals surface area contributed by atoms with Gasteiger partial charge in [0, 0.05) is 35.8 Å². The molecule has 5 heterocycles. The van der Waals surface area contributed by atoms with Gasteiger partial charge in [-0.05, 0) is 89.1 Å². The lowest BCUT2D eigenvalue weighted by Gasteiger charge is -2.22. The number of aromatic nitrogens is 6. The van der Waals surface area contributed by atoms with Crippen LogP contribution in [-0.2, 0) is 10.0 Å². The molecule has 2 aliphatic rings. The smallest absolute Gasteiger partial charge is 0.394 e. The van der Waals surface area contributed by atoms with Gasteiger partial charge in [0.25, 0.3) is 15.9 Å². The average Bonchev–Trinajstić information content (AvgIpc) is 3.60. The second kappa shape index (κ2) is 16.7. The SMILES string of the molecule is CC1(C)C[C@H](CCC(Nc2cccc(S(=O)(=O)NC(=O)c3ccc(-n4ccc(OCCC5(C(F)(F)F)CC5)n4)nc3Cl)n2)c2cncnc2)CN1.Cl.Cl. The number of nitrogens with zero attached hydrogens (tertiary/aromatic N) is 6. The largest absolute Gasteiger partial charge is 0.477 e. The van der Waals surface area contributed by atoms with E-state index >= 15 is 0 Å². The van der Waals surface area contributed by atoms with Crippen LogP contribution < -0.4 is 20.1 Å². The molecule has 0 bridgehead atoms. The van der Waals surface area contributed by atoms with Gasteiger partial charge in [-0.2, -0.15) is 21.6 Å². The first-order valence-electron chi connectivity index (χ1n) is 16.4. The van der Waals surface area contributed by atoms with Gasteiger partial charge in [0.1, 0.15) is 17.3 Å². The van der Waals surface area contributed by atoms with Crippen LogP contribution in [0.3, 0.4) is 0 Å². The van der Waals surface area contributed by atoms with Crippen molar-refractivity contribution in [1.29, 1.82) is 0 Å². The molecule has 4 aromatic rings. The minimum Gasteiger partial charge on any atom is -0.477 e. The summed E-state index contributed by atoms with van der Waals surface area (Å²) in [6, 6.07) is 8.27. The van der Waals surface area contributed by atoms with E-state index in [2.05, 4.69) is 49.5 Å². The molecule has 1 aliphatic heterocycles. The Morgan fingerprint density at radius 2 is 1.85 bits per heavy atom. The summed E-state index contributed by atoms with van der Waals surface area (Å²) >= 11 is 6.29. The van der Waals surface area contributed by atoms with E-state index in [0.29, 0.717) is 5.92 Å². The maximum absolute atomic E-state index is 13.3. The molecule has 13 nitrogen and oxygen atoms in total. The number of nitrogens with one attached hydrogen (secondary N) is 3. The van der Waals surface area contributed by atoms with Crippen molar-refractivity contribution in [3.63, 3.8) is 0 Å². The maximum Gasteiger partial charge on any atom is 0.394 e. The third-order valence-electron chi connectivity index (χ3n) is 9.23. The van der Waals surface area contributed by atoms with Crippen molar-refractivity contribution in [2.45, 2.75) is 75.2 Å². The van der Waals surface area contributed by atoms with Crippen LogP contribution in [0.5, 0.6) is 5.88 Å². The molecular formula is C33H39Cl3F3N9O4S. The summed E-state index contributed by atoms with van der Waals surface area (Å²) in [4.78, 5) is 29.8. The zero-order valence-corrected chi connectivity index (χ0v) is 31.8. The standard InChI is InChI=1S/C33H37ClF3N9O4S.2ClH/c1-31(2)16-21(17-40-31)6-8-24(22-18-38-20-39-19-22)41-25-4-3-5-28(42-25)51(48,49)45-30(47)23-7-9-26(43-29(23)34)46-14-10-27(44-46)50-15-13-32(11-12-32)33(35,36)37;;/h3-5,7,9-10,14,18-21,24,40H,6,8,11-13,15-17H2,1-2H3,(H,41,42)(H,45,47);2*1H/t21-,24?;;/m0../s1. The average molecular weight is 821 g/mol. The van der Waals surface area contributed by atoms with Gasteiger partial charge in [0.15, 0.2) is 10.8 Å². The number of hydrogen-bond donors (Lipinski definition) is 3. The summed E-state index contributed by atoms with van der Waals surface area (Å²) in [7, 11) is -4.44. The number of sulfonamides is 1. The number of pyridine rings is 2. The summed E-state index contributed by atoms with van der Waals surface area (Å²) in [5, 5.41) is 10.3. The summed E-state index contributed by atoms with van der Waals surface area (Å²) < 4.78 is 74.8. The van der Waals surface area contributed by atoms with Crippen molar-refractivity contribution in [2.75, 3.05) is 18.5 Å². The van der Waals surface area contributed by atoms with Gasteiger partial charge in [-0.3, -0.25) is 4.79 Å². The fourth-order valence-electron chi connectivity index (χ4n) is 6.17. The molecule has 1 unspecified atom stereocenters. The highest BCUT2D eigenvalue weighted by molar-refractivity contribution is 7.90. The second-order valence-corrected chi connectivity index (χ2v) is 15.5. The van der Waals surface area contributed by atoms with Crippen molar-refractivity contribution in [3.8, 4) is 11.7 Å². The molecule has 288 valence electrons. The van der Waals surface area contributed by atoms with Crippen molar-refractivity contribution < 1.29 is 31.1 Å². The van der Waals surface area contributed by atoms with Crippen LogP contribution in [-0.4, -0.2) is 68.9 Å². The van der Waals surface area contributed by atoms with E-state index in [1.807, 2.05) is 4.72 Å². The first kappa shape index (κ1) is 42.0. The van der Waals surface area contributed by atoms with Crippen molar-refractivity contribution in [2.24, 2.45) is 11.3 Å². The summed E-state index contributed by atoms with van der Waals surface area (Å²) in [6.45, 7) is 5.10. The topological polar surface area (TPSA) is 166 Å². The molecule has 1 aliphatic carbocycles. The zero-order valence-electron chi connectivity index (χ0n) is 28.6. The predicted molar refractivity (Wildman–Crippen MR) is 195 cm³/mol. The highest BCUT2D eigenvalue weighted by Gasteiger charge is 2.62. The van der Waals surface area contributed by atoms with Crippen LogP contribution in [0.15, 0.2) is 66.3 Å². The molecule has 0 radical (unpaired) electrons. The lowest BCUT2D eigenvalue weighted by atomic mass is 9.91. The lowest BCUT2D eigenvalue weighted by Crippen LogP contribution is -2.31. The second-order valence-electron chi connectivity index (χ2n) is 13.6. The number of ether oxygens (including phenoxy) is 1. The molecule has 2 atom stereocenters. The van der Waals surface area contributed by atoms with Gasteiger partial charge in [-0.25, -0.2) is 29.3 Å². The van der Waals surface area contributed by atoms with Crippen LogP contribution in [0, 0.1) is 11.3 Å². The fourth-order valence-corrected chi connectivity index (χ4v) is 7.34. The lowest BCUT2D eigenvalue weighted by molar-refractivity contribution is -0.190. The molecule has 53 heavy (non-hydrogen) atoms. The third-order valence-corrected chi connectivity index (χ3v) is 10.7.